The first kappa shape index (κ1) is 19.3. The minimum absolute atomic E-state index is 0.0349. The van der Waals surface area contributed by atoms with E-state index in [2.05, 4.69) is 4.98 Å². The van der Waals surface area contributed by atoms with Gasteiger partial charge in [0.1, 0.15) is 5.82 Å². The molecule has 0 saturated heterocycles. The number of amides is 1. The first-order valence-electron chi connectivity index (χ1n) is 8.24. The molecule has 0 saturated carbocycles. The molecule has 5 nitrogen and oxygen atoms in total. The number of nitrogens with two attached hydrogens (primary N) is 1. The van der Waals surface area contributed by atoms with Crippen molar-refractivity contribution >= 4 is 5.91 Å². The monoisotopic (exact) mass is 388 g/mol. The Morgan fingerprint density at radius 3 is 2.63 bits per heavy atom. The summed E-state index contributed by atoms with van der Waals surface area (Å²) in [6.07, 6.45) is -3.49. The van der Waals surface area contributed by atoms with Crippen LogP contribution in [-0.4, -0.2) is 32.9 Å². The summed E-state index contributed by atoms with van der Waals surface area (Å²) in [5, 5.41) is 0. The van der Waals surface area contributed by atoms with E-state index >= 15 is 0 Å². The van der Waals surface area contributed by atoms with Crippen molar-refractivity contribution < 1.29 is 26.7 Å². The van der Waals surface area contributed by atoms with Gasteiger partial charge >= 0.3 is 6.18 Å². The third-order valence-electron chi connectivity index (χ3n) is 4.36. The van der Waals surface area contributed by atoms with Gasteiger partial charge < -0.3 is 15.2 Å². The number of hydrogen-bond acceptors (Lipinski definition) is 3. The molecule has 1 aliphatic rings. The lowest BCUT2D eigenvalue weighted by molar-refractivity contribution is -0.141. The van der Waals surface area contributed by atoms with E-state index < -0.39 is 29.5 Å². The summed E-state index contributed by atoms with van der Waals surface area (Å²) >= 11 is 0. The molecule has 3 rings (SSSR count). The topological polar surface area (TPSA) is 64.2 Å². The quantitative estimate of drug-likeness (QED) is 0.819. The molecule has 27 heavy (non-hydrogen) atoms. The van der Waals surface area contributed by atoms with Crippen LogP contribution in [0.25, 0.3) is 0 Å². The van der Waals surface area contributed by atoms with Gasteiger partial charge in [-0.15, -0.1) is 0 Å². The highest BCUT2D eigenvalue weighted by Gasteiger charge is 2.36. The number of benzene rings is 1. The van der Waals surface area contributed by atoms with Crippen LogP contribution < -0.4 is 5.73 Å². The number of aromatic nitrogens is 2. The Labute approximate surface area is 151 Å². The standard InChI is InChI=1S/C17H17F5N4O/c18-12-2-1-10(6-13(12)19)5-11(23)7-16(27)26-4-3-25-8-14(17(20,21)22)24-15(25)9-26/h1-2,6,8,11H,3-5,7,9,23H2. The van der Waals surface area contributed by atoms with Crippen molar-refractivity contribution in [3.63, 3.8) is 0 Å². The minimum atomic E-state index is -4.54. The van der Waals surface area contributed by atoms with E-state index in [9.17, 15) is 26.7 Å². The Morgan fingerprint density at radius 1 is 1.22 bits per heavy atom. The van der Waals surface area contributed by atoms with E-state index in [1.165, 1.54) is 15.5 Å². The van der Waals surface area contributed by atoms with Crippen molar-refractivity contribution in [2.45, 2.75) is 38.1 Å². The van der Waals surface area contributed by atoms with Gasteiger partial charge in [-0.2, -0.15) is 13.2 Å². The molecule has 0 bridgehead atoms. The number of halogens is 5. The second-order valence-corrected chi connectivity index (χ2v) is 6.47. The van der Waals surface area contributed by atoms with E-state index in [1.807, 2.05) is 0 Å². The molecule has 0 fully saturated rings. The molecule has 146 valence electrons. The summed E-state index contributed by atoms with van der Waals surface area (Å²) in [6, 6.07) is 2.77. The van der Waals surface area contributed by atoms with Gasteiger partial charge in [0.05, 0.1) is 6.54 Å². The molecular weight excluding hydrogens is 371 g/mol. The molecule has 1 unspecified atom stereocenters. The average Bonchev–Trinajstić information content (AvgIpc) is 3.01. The van der Waals surface area contributed by atoms with Crippen LogP contribution in [0.1, 0.15) is 23.5 Å². The molecule has 1 aromatic heterocycles. The summed E-state index contributed by atoms with van der Waals surface area (Å²) < 4.78 is 65.8. The Bertz CT molecular complexity index is 848. The van der Waals surface area contributed by atoms with Crippen LogP contribution >= 0.6 is 0 Å². The van der Waals surface area contributed by atoms with E-state index in [-0.39, 0.29) is 44.2 Å². The second kappa shape index (κ2) is 7.26. The smallest absolute Gasteiger partial charge is 0.333 e. The van der Waals surface area contributed by atoms with E-state index in [0.29, 0.717) is 5.56 Å². The van der Waals surface area contributed by atoms with Crippen molar-refractivity contribution in [3.05, 3.63) is 53.1 Å². The van der Waals surface area contributed by atoms with Gasteiger partial charge in [-0.05, 0) is 24.1 Å². The van der Waals surface area contributed by atoms with Gasteiger partial charge in [-0.1, -0.05) is 6.07 Å². The number of rotatable bonds is 4. The molecule has 2 heterocycles. The second-order valence-electron chi connectivity index (χ2n) is 6.47. The highest BCUT2D eigenvalue weighted by Crippen LogP contribution is 2.29. The fourth-order valence-electron chi connectivity index (χ4n) is 3.00. The number of hydrogen-bond donors (Lipinski definition) is 1. The summed E-state index contributed by atoms with van der Waals surface area (Å²) in [4.78, 5) is 17.3. The number of fused-ring (bicyclic) bond motifs is 1. The lowest BCUT2D eigenvalue weighted by atomic mass is 10.0. The highest BCUT2D eigenvalue weighted by atomic mass is 19.4. The summed E-state index contributed by atoms with van der Waals surface area (Å²) in [5.74, 6) is -2.12. The minimum Gasteiger partial charge on any atom is -0.333 e. The van der Waals surface area contributed by atoms with E-state index in [4.69, 9.17) is 5.73 Å². The summed E-state index contributed by atoms with van der Waals surface area (Å²) in [7, 11) is 0. The molecule has 1 aromatic carbocycles. The molecule has 0 spiro atoms. The lowest BCUT2D eigenvalue weighted by Gasteiger charge is -2.28. The SMILES string of the molecule is NC(CC(=O)N1CCn2cc(C(F)(F)F)nc2C1)Cc1ccc(F)c(F)c1. The highest BCUT2D eigenvalue weighted by molar-refractivity contribution is 5.76. The van der Waals surface area contributed by atoms with Crippen molar-refractivity contribution in [3.8, 4) is 0 Å². The number of nitrogens with zero attached hydrogens (tertiary/aromatic N) is 3. The zero-order valence-electron chi connectivity index (χ0n) is 14.1. The van der Waals surface area contributed by atoms with Crippen LogP contribution in [0.5, 0.6) is 0 Å². The lowest BCUT2D eigenvalue weighted by Crippen LogP contribution is -2.41. The maximum Gasteiger partial charge on any atom is 0.434 e. The molecule has 1 amide bonds. The number of imidazole rings is 1. The number of carbonyl (C=O) groups is 1. The van der Waals surface area contributed by atoms with Gasteiger partial charge in [0.25, 0.3) is 0 Å². The fourth-order valence-corrected chi connectivity index (χ4v) is 3.00. The Hall–Kier alpha value is -2.49. The van der Waals surface area contributed by atoms with Crippen LogP contribution in [0.4, 0.5) is 22.0 Å². The van der Waals surface area contributed by atoms with Crippen molar-refractivity contribution in [2.24, 2.45) is 5.73 Å². The van der Waals surface area contributed by atoms with Gasteiger partial charge in [0.2, 0.25) is 5.91 Å². The zero-order valence-corrected chi connectivity index (χ0v) is 14.1. The van der Waals surface area contributed by atoms with Gasteiger partial charge in [0, 0.05) is 31.7 Å². The van der Waals surface area contributed by atoms with Gasteiger partial charge in [0.15, 0.2) is 17.3 Å². The average molecular weight is 388 g/mol. The molecule has 1 aliphatic heterocycles. The molecule has 10 heteroatoms. The predicted molar refractivity (Wildman–Crippen MR) is 85.3 cm³/mol. The molecule has 0 aliphatic carbocycles. The van der Waals surface area contributed by atoms with Crippen LogP contribution in [-0.2, 0) is 30.5 Å². The third-order valence-corrected chi connectivity index (χ3v) is 4.36. The normalized spacial score (nSPS) is 15.6. The van der Waals surface area contributed by atoms with Crippen LogP contribution in [0.15, 0.2) is 24.4 Å². The van der Waals surface area contributed by atoms with E-state index in [1.54, 1.807) is 0 Å². The molecule has 0 radical (unpaired) electrons. The molecular formula is C17H17F5N4O. The van der Waals surface area contributed by atoms with E-state index in [0.717, 1.165) is 18.3 Å². The molecule has 1 atom stereocenters. The largest absolute Gasteiger partial charge is 0.434 e. The van der Waals surface area contributed by atoms with Gasteiger partial charge in [-0.3, -0.25) is 4.79 Å². The number of carbonyl (C=O) groups excluding carboxylic acids is 1. The first-order valence-corrected chi connectivity index (χ1v) is 8.24. The Kier molecular flexibility index (Phi) is 5.18. The van der Waals surface area contributed by atoms with Crippen molar-refractivity contribution in [2.75, 3.05) is 6.54 Å². The zero-order chi connectivity index (χ0) is 19.8. The summed E-state index contributed by atoms with van der Waals surface area (Å²) in [5.41, 5.74) is 5.40. The van der Waals surface area contributed by atoms with Crippen LogP contribution in [0, 0.1) is 11.6 Å². The van der Waals surface area contributed by atoms with Gasteiger partial charge in [-0.25, -0.2) is 13.8 Å². The van der Waals surface area contributed by atoms with Crippen LogP contribution in [0.3, 0.4) is 0 Å². The summed E-state index contributed by atoms with van der Waals surface area (Å²) in [6.45, 7) is 0.423. The molecule has 2 aromatic rings. The maximum atomic E-state index is 13.2. The van der Waals surface area contributed by atoms with Crippen molar-refractivity contribution in [1.82, 2.24) is 14.5 Å². The number of alkyl halides is 3. The Balaban J connectivity index is 1.60. The maximum absolute atomic E-state index is 13.2. The van der Waals surface area contributed by atoms with Crippen LogP contribution in [0.2, 0.25) is 0 Å². The fraction of sp³-hybridized carbons (Fsp3) is 0.412. The van der Waals surface area contributed by atoms with Crippen molar-refractivity contribution in [1.29, 1.82) is 0 Å². The first-order chi connectivity index (χ1) is 12.6. The third kappa shape index (κ3) is 4.44. The predicted octanol–water partition coefficient (Wildman–Crippen LogP) is 2.48. The molecule has 2 N–H and O–H groups in total. The Morgan fingerprint density at radius 2 is 1.96 bits per heavy atom.